The van der Waals surface area contributed by atoms with Crippen LogP contribution in [0.25, 0.3) is 0 Å². The SMILES string of the molecule is N#Cc1ccc(S(=O)(=O)NCCc2ncn[nH]2)c(N)c1. The molecule has 4 N–H and O–H groups in total. The van der Waals surface area contributed by atoms with Crippen LogP contribution in [0.1, 0.15) is 11.4 Å². The Morgan fingerprint density at radius 1 is 1.45 bits per heavy atom. The minimum atomic E-state index is -3.72. The van der Waals surface area contributed by atoms with Gasteiger partial charge in [-0.05, 0) is 18.2 Å². The van der Waals surface area contributed by atoms with Gasteiger partial charge in [0.05, 0.1) is 17.3 Å². The van der Waals surface area contributed by atoms with Crippen LogP contribution in [0.2, 0.25) is 0 Å². The fourth-order valence-corrected chi connectivity index (χ4v) is 2.74. The first-order valence-corrected chi connectivity index (χ1v) is 7.15. The van der Waals surface area contributed by atoms with E-state index in [1.807, 2.05) is 6.07 Å². The molecule has 1 aromatic carbocycles. The van der Waals surface area contributed by atoms with E-state index < -0.39 is 10.0 Å². The summed E-state index contributed by atoms with van der Waals surface area (Å²) in [5.74, 6) is 0.584. The average molecular weight is 292 g/mol. The molecule has 1 heterocycles. The number of H-pyrrole nitrogens is 1. The lowest BCUT2D eigenvalue weighted by Gasteiger charge is -2.08. The molecule has 0 amide bonds. The van der Waals surface area contributed by atoms with Crippen molar-refractivity contribution in [3.8, 4) is 6.07 Å². The molecule has 0 bridgehead atoms. The van der Waals surface area contributed by atoms with Gasteiger partial charge in [0.2, 0.25) is 10.0 Å². The number of nitrogen functional groups attached to an aromatic ring is 1. The van der Waals surface area contributed by atoms with Crippen molar-refractivity contribution in [2.75, 3.05) is 12.3 Å². The lowest BCUT2D eigenvalue weighted by atomic mass is 10.2. The number of hydrogen-bond donors (Lipinski definition) is 3. The van der Waals surface area contributed by atoms with Gasteiger partial charge >= 0.3 is 0 Å². The quantitative estimate of drug-likeness (QED) is 0.651. The molecule has 0 spiro atoms. The van der Waals surface area contributed by atoms with Crippen LogP contribution in [0.15, 0.2) is 29.4 Å². The number of sulfonamides is 1. The smallest absolute Gasteiger partial charge is 0.242 e. The van der Waals surface area contributed by atoms with E-state index in [0.717, 1.165) is 0 Å². The van der Waals surface area contributed by atoms with E-state index in [1.165, 1.54) is 24.5 Å². The number of hydrogen-bond acceptors (Lipinski definition) is 6. The molecule has 0 aliphatic heterocycles. The Morgan fingerprint density at radius 3 is 2.85 bits per heavy atom. The molecular formula is C11H12N6O2S. The lowest BCUT2D eigenvalue weighted by Crippen LogP contribution is -2.27. The maximum absolute atomic E-state index is 12.1. The van der Waals surface area contributed by atoms with E-state index in [1.54, 1.807) is 0 Å². The van der Waals surface area contributed by atoms with E-state index >= 15 is 0 Å². The van der Waals surface area contributed by atoms with Crippen LogP contribution >= 0.6 is 0 Å². The number of benzene rings is 1. The predicted octanol–water partition coefficient (Wildman–Crippen LogP) is -0.220. The molecular weight excluding hydrogens is 280 g/mol. The monoisotopic (exact) mass is 292 g/mol. The number of aromatic amines is 1. The Hall–Kier alpha value is -2.44. The summed E-state index contributed by atoms with van der Waals surface area (Å²) in [4.78, 5) is 3.84. The molecule has 0 saturated heterocycles. The molecule has 0 aliphatic rings. The molecule has 104 valence electrons. The molecule has 0 aliphatic carbocycles. The minimum absolute atomic E-state index is 0.0382. The molecule has 2 rings (SSSR count). The van der Waals surface area contributed by atoms with Gasteiger partial charge in [-0.25, -0.2) is 18.1 Å². The van der Waals surface area contributed by atoms with Gasteiger partial charge in [-0.3, -0.25) is 5.10 Å². The first-order valence-electron chi connectivity index (χ1n) is 5.66. The molecule has 0 saturated carbocycles. The summed E-state index contributed by atoms with van der Waals surface area (Å²) in [5, 5.41) is 15.0. The minimum Gasteiger partial charge on any atom is -0.398 e. The third-order valence-electron chi connectivity index (χ3n) is 2.55. The Kier molecular flexibility index (Phi) is 3.97. The summed E-state index contributed by atoms with van der Waals surface area (Å²) in [6.07, 6.45) is 1.73. The Labute approximate surface area is 115 Å². The predicted molar refractivity (Wildman–Crippen MR) is 70.8 cm³/mol. The van der Waals surface area contributed by atoms with Crippen LogP contribution in [-0.4, -0.2) is 30.1 Å². The number of nitrogens with zero attached hydrogens (tertiary/aromatic N) is 3. The van der Waals surface area contributed by atoms with E-state index in [2.05, 4.69) is 19.9 Å². The second-order valence-corrected chi connectivity index (χ2v) is 5.68. The van der Waals surface area contributed by atoms with Crippen LogP contribution in [0, 0.1) is 11.3 Å². The number of rotatable bonds is 5. The second-order valence-electron chi connectivity index (χ2n) is 3.94. The van der Waals surface area contributed by atoms with Crippen molar-refractivity contribution < 1.29 is 8.42 Å². The highest BCUT2D eigenvalue weighted by molar-refractivity contribution is 7.89. The molecule has 9 heteroatoms. The molecule has 0 atom stereocenters. The van der Waals surface area contributed by atoms with E-state index in [-0.39, 0.29) is 17.1 Å². The number of anilines is 1. The van der Waals surface area contributed by atoms with Crippen LogP contribution < -0.4 is 10.5 Å². The van der Waals surface area contributed by atoms with Crippen molar-refractivity contribution in [1.29, 1.82) is 5.26 Å². The standard InChI is InChI=1S/C11H12N6O2S/c12-6-8-1-2-10(9(13)5-8)20(18,19)16-4-3-11-14-7-15-17-11/h1-2,5,7,16H,3-4,13H2,(H,14,15,17). The van der Waals surface area contributed by atoms with Crippen molar-refractivity contribution in [2.45, 2.75) is 11.3 Å². The van der Waals surface area contributed by atoms with Crippen LogP contribution in [0.4, 0.5) is 5.69 Å². The Morgan fingerprint density at radius 2 is 2.25 bits per heavy atom. The van der Waals surface area contributed by atoms with E-state index in [9.17, 15) is 8.42 Å². The topological polar surface area (TPSA) is 138 Å². The molecule has 0 radical (unpaired) electrons. The Bertz CT molecular complexity index is 733. The van der Waals surface area contributed by atoms with Crippen molar-refractivity contribution in [2.24, 2.45) is 0 Å². The van der Waals surface area contributed by atoms with E-state index in [4.69, 9.17) is 11.0 Å². The third-order valence-corrected chi connectivity index (χ3v) is 4.08. The third kappa shape index (κ3) is 3.11. The van der Waals surface area contributed by atoms with Gasteiger partial charge in [-0.2, -0.15) is 10.4 Å². The Balaban J connectivity index is 2.08. The normalized spacial score (nSPS) is 11.2. The molecule has 20 heavy (non-hydrogen) atoms. The average Bonchev–Trinajstić information content (AvgIpc) is 2.91. The first kappa shape index (κ1) is 14.0. The van der Waals surface area contributed by atoms with Crippen molar-refractivity contribution in [1.82, 2.24) is 19.9 Å². The summed E-state index contributed by atoms with van der Waals surface area (Å²) in [6, 6.07) is 5.93. The molecule has 1 aromatic heterocycles. The zero-order valence-electron chi connectivity index (χ0n) is 10.4. The van der Waals surface area contributed by atoms with Crippen LogP contribution in [0.3, 0.4) is 0 Å². The van der Waals surface area contributed by atoms with Gasteiger partial charge in [-0.1, -0.05) is 0 Å². The molecule has 8 nitrogen and oxygen atoms in total. The fraction of sp³-hybridized carbons (Fsp3) is 0.182. The second kappa shape index (κ2) is 5.68. The number of nitriles is 1. The summed E-state index contributed by atoms with van der Waals surface area (Å²) in [5.41, 5.74) is 6.00. The maximum atomic E-state index is 12.1. The summed E-state index contributed by atoms with van der Waals surface area (Å²) < 4.78 is 26.5. The van der Waals surface area contributed by atoms with Gasteiger partial charge in [0.25, 0.3) is 0 Å². The van der Waals surface area contributed by atoms with Crippen molar-refractivity contribution in [3.63, 3.8) is 0 Å². The highest BCUT2D eigenvalue weighted by Gasteiger charge is 2.17. The molecule has 0 fully saturated rings. The number of aromatic nitrogens is 3. The van der Waals surface area contributed by atoms with Crippen molar-refractivity contribution in [3.05, 3.63) is 35.9 Å². The van der Waals surface area contributed by atoms with Crippen LogP contribution in [-0.2, 0) is 16.4 Å². The van der Waals surface area contributed by atoms with Crippen molar-refractivity contribution >= 4 is 15.7 Å². The van der Waals surface area contributed by atoms with Gasteiger partial charge in [0.1, 0.15) is 17.0 Å². The van der Waals surface area contributed by atoms with Gasteiger partial charge in [0.15, 0.2) is 0 Å². The molecule has 2 aromatic rings. The van der Waals surface area contributed by atoms with E-state index in [0.29, 0.717) is 17.8 Å². The first-order chi connectivity index (χ1) is 9.53. The summed E-state index contributed by atoms with van der Waals surface area (Å²) in [7, 11) is -3.72. The summed E-state index contributed by atoms with van der Waals surface area (Å²) in [6.45, 7) is 0.164. The summed E-state index contributed by atoms with van der Waals surface area (Å²) >= 11 is 0. The highest BCUT2D eigenvalue weighted by Crippen LogP contribution is 2.19. The van der Waals surface area contributed by atoms with Gasteiger partial charge in [0, 0.05) is 13.0 Å². The molecule has 0 unspecified atom stereocenters. The number of nitrogens with two attached hydrogens (primary N) is 1. The largest absolute Gasteiger partial charge is 0.398 e. The van der Waals surface area contributed by atoms with Crippen LogP contribution in [0.5, 0.6) is 0 Å². The number of nitrogens with one attached hydrogen (secondary N) is 2. The van der Waals surface area contributed by atoms with Gasteiger partial charge in [-0.15, -0.1) is 0 Å². The fourth-order valence-electron chi connectivity index (χ4n) is 1.60. The lowest BCUT2D eigenvalue weighted by molar-refractivity contribution is 0.581. The highest BCUT2D eigenvalue weighted by atomic mass is 32.2. The zero-order valence-corrected chi connectivity index (χ0v) is 11.2. The zero-order chi connectivity index (χ0) is 14.6. The maximum Gasteiger partial charge on any atom is 0.242 e. The van der Waals surface area contributed by atoms with Gasteiger partial charge < -0.3 is 5.73 Å².